The summed E-state index contributed by atoms with van der Waals surface area (Å²) in [5.41, 5.74) is 0.661. The van der Waals surface area contributed by atoms with Crippen molar-refractivity contribution in [1.82, 2.24) is 4.90 Å². The molecule has 3 aliphatic rings. The predicted molar refractivity (Wildman–Crippen MR) is 61.3 cm³/mol. The topological polar surface area (TPSA) is 3.24 Å². The van der Waals surface area contributed by atoms with Gasteiger partial charge in [-0.2, -0.15) is 0 Å². The number of nitrogens with zero attached hydrogens (tertiary/aromatic N) is 1. The zero-order valence-electron chi connectivity index (χ0n) is 10.4. The van der Waals surface area contributed by atoms with Crippen molar-refractivity contribution in [2.45, 2.75) is 59.0 Å². The lowest BCUT2D eigenvalue weighted by Crippen LogP contribution is -2.56. The highest BCUT2D eigenvalue weighted by Gasteiger charge is 2.53. The first-order valence-corrected chi connectivity index (χ1v) is 6.15. The lowest BCUT2D eigenvalue weighted by atomic mass is 9.48. The molecule has 3 saturated carbocycles. The Bertz CT molecular complexity index is 205. The minimum Gasteiger partial charge on any atom is -0.301 e. The quantitative estimate of drug-likeness (QED) is 0.654. The van der Waals surface area contributed by atoms with Crippen LogP contribution >= 0.6 is 0 Å². The Labute approximate surface area is 88.9 Å². The van der Waals surface area contributed by atoms with E-state index >= 15 is 0 Å². The molecule has 1 nitrogen and oxygen atoms in total. The maximum absolute atomic E-state index is 2.58. The fourth-order valence-electron chi connectivity index (χ4n) is 3.43. The average molecular weight is 195 g/mol. The van der Waals surface area contributed by atoms with E-state index in [4.69, 9.17) is 0 Å². The second kappa shape index (κ2) is 3.23. The molecular weight excluding hydrogens is 170 g/mol. The van der Waals surface area contributed by atoms with Crippen LogP contribution in [0.1, 0.15) is 47.0 Å². The summed E-state index contributed by atoms with van der Waals surface area (Å²) >= 11 is 0. The van der Waals surface area contributed by atoms with E-state index in [2.05, 4.69) is 39.6 Å². The van der Waals surface area contributed by atoms with Crippen molar-refractivity contribution in [2.75, 3.05) is 7.05 Å². The van der Waals surface area contributed by atoms with Gasteiger partial charge in [-0.15, -0.1) is 0 Å². The summed E-state index contributed by atoms with van der Waals surface area (Å²) in [4.78, 5) is 2.58. The molecule has 0 aromatic heterocycles. The first-order valence-electron chi connectivity index (χ1n) is 6.15. The first kappa shape index (κ1) is 10.5. The van der Waals surface area contributed by atoms with Gasteiger partial charge in [-0.1, -0.05) is 13.8 Å². The van der Waals surface area contributed by atoms with Crippen LogP contribution in [0.3, 0.4) is 0 Å². The minimum absolute atomic E-state index is 0.661. The Morgan fingerprint density at radius 2 is 1.57 bits per heavy atom. The molecule has 82 valence electrons. The largest absolute Gasteiger partial charge is 0.301 e. The lowest BCUT2D eigenvalue weighted by molar-refractivity contribution is -0.101. The molecule has 0 heterocycles. The molecule has 3 aliphatic carbocycles. The van der Waals surface area contributed by atoms with Crippen LogP contribution in [0.5, 0.6) is 0 Å². The molecule has 0 aliphatic heterocycles. The second-order valence-electron chi connectivity index (χ2n) is 6.34. The van der Waals surface area contributed by atoms with Gasteiger partial charge in [0.15, 0.2) is 0 Å². The summed E-state index contributed by atoms with van der Waals surface area (Å²) in [6.45, 7) is 9.56. The molecular formula is C13H25N. The highest BCUT2D eigenvalue weighted by molar-refractivity contribution is 5.04. The van der Waals surface area contributed by atoms with Gasteiger partial charge in [0.05, 0.1) is 0 Å². The molecule has 3 atom stereocenters. The molecule has 0 aromatic carbocycles. The van der Waals surface area contributed by atoms with Crippen molar-refractivity contribution in [1.29, 1.82) is 0 Å². The molecule has 0 amide bonds. The number of hydrogen-bond donors (Lipinski definition) is 0. The van der Waals surface area contributed by atoms with E-state index in [1.54, 1.807) is 0 Å². The fourth-order valence-corrected chi connectivity index (χ4v) is 3.43. The zero-order valence-corrected chi connectivity index (χ0v) is 10.4. The van der Waals surface area contributed by atoms with Crippen molar-refractivity contribution in [3.8, 4) is 0 Å². The number of hydrogen-bond acceptors (Lipinski definition) is 1. The standard InChI is InChI=1S/C13H25N/c1-9(2)14(5)12-7-10-6-11(8-12)13(10,3)4/h9-12H,6-8H2,1-5H3/t10-,11+,12?. The highest BCUT2D eigenvalue weighted by atomic mass is 15.2. The smallest absolute Gasteiger partial charge is 0.0101 e. The van der Waals surface area contributed by atoms with Gasteiger partial charge in [-0.25, -0.2) is 0 Å². The van der Waals surface area contributed by atoms with Crippen molar-refractivity contribution in [3.05, 3.63) is 0 Å². The van der Waals surface area contributed by atoms with Crippen LogP contribution in [-0.4, -0.2) is 24.0 Å². The van der Waals surface area contributed by atoms with Gasteiger partial charge in [-0.3, -0.25) is 0 Å². The van der Waals surface area contributed by atoms with E-state index in [9.17, 15) is 0 Å². The molecule has 0 aromatic rings. The van der Waals surface area contributed by atoms with Gasteiger partial charge < -0.3 is 4.90 Å². The van der Waals surface area contributed by atoms with E-state index in [1.165, 1.54) is 19.3 Å². The van der Waals surface area contributed by atoms with Crippen LogP contribution in [0.15, 0.2) is 0 Å². The van der Waals surface area contributed by atoms with Crippen LogP contribution in [0.25, 0.3) is 0 Å². The Balaban J connectivity index is 1.97. The Hall–Kier alpha value is -0.0400. The summed E-state index contributed by atoms with van der Waals surface area (Å²) < 4.78 is 0. The van der Waals surface area contributed by atoms with Crippen LogP contribution in [0, 0.1) is 17.3 Å². The van der Waals surface area contributed by atoms with E-state index < -0.39 is 0 Å². The molecule has 0 spiro atoms. The fraction of sp³-hybridized carbons (Fsp3) is 1.00. The van der Waals surface area contributed by atoms with E-state index in [0.717, 1.165) is 17.9 Å². The van der Waals surface area contributed by atoms with Crippen molar-refractivity contribution < 1.29 is 0 Å². The van der Waals surface area contributed by atoms with E-state index in [1.807, 2.05) is 0 Å². The third-order valence-corrected chi connectivity index (χ3v) is 5.18. The van der Waals surface area contributed by atoms with Gasteiger partial charge in [-0.05, 0) is 57.4 Å². The molecule has 3 fully saturated rings. The molecule has 3 rings (SSSR count). The highest BCUT2D eigenvalue weighted by Crippen LogP contribution is 2.59. The maximum atomic E-state index is 2.58. The summed E-state index contributed by atoms with van der Waals surface area (Å²) in [7, 11) is 2.30. The van der Waals surface area contributed by atoms with Crippen molar-refractivity contribution >= 4 is 0 Å². The lowest BCUT2D eigenvalue weighted by Gasteiger charge is -2.60. The average Bonchev–Trinajstić information content (AvgIpc) is 2.16. The van der Waals surface area contributed by atoms with Crippen LogP contribution in [0.4, 0.5) is 0 Å². The van der Waals surface area contributed by atoms with Gasteiger partial charge in [0.1, 0.15) is 0 Å². The molecule has 1 heteroatoms. The van der Waals surface area contributed by atoms with Crippen LogP contribution < -0.4 is 0 Å². The van der Waals surface area contributed by atoms with Crippen LogP contribution in [-0.2, 0) is 0 Å². The monoisotopic (exact) mass is 195 g/mol. The summed E-state index contributed by atoms with van der Waals surface area (Å²) in [5, 5.41) is 0. The van der Waals surface area contributed by atoms with E-state index in [-0.39, 0.29) is 0 Å². The van der Waals surface area contributed by atoms with Gasteiger partial charge in [0.2, 0.25) is 0 Å². The Kier molecular flexibility index (Phi) is 2.42. The number of fused-ring (bicyclic) bond motifs is 2. The Morgan fingerprint density at radius 3 is 1.93 bits per heavy atom. The zero-order chi connectivity index (χ0) is 10.5. The molecule has 0 N–H and O–H groups in total. The van der Waals surface area contributed by atoms with Crippen LogP contribution in [0.2, 0.25) is 0 Å². The normalized spacial score (nSPS) is 40.1. The molecule has 0 radical (unpaired) electrons. The van der Waals surface area contributed by atoms with E-state index in [0.29, 0.717) is 11.5 Å². The summed E-state index contributed by atoms with van der Waals surface area (Å²) in [6.07, 6.45) is 4.39. The molecule has 14 heavy (non-hydrogen) atoms. The van der Waals surface area contributed by atoms with Gasteiger partial charge in [0.25, 0.3) is 0 Å². The summed E-state index contributed by atoms with van der Waals surface area (Å²) in [6, 6.07) is 1.58. The molecule has 0 saturated heterocycles. The Morgan fingerprint density at radius 1 is 1.07 bits per heavy atom. The molecule has 1 unspecified atom stereocenters. The van der Waals surface area contributed by atoms with Crippen molar-refractivity contribution in [2.24, 2.45) is 17.3 Å². The third-order valence-electron chi connectivity index (χ3n) is 5.18. The third kappa shape index (κ3) is 1.41. The maximum Gasteiger partial charge on any atom is 0.0101 e. The van der Waals surface area contributed by atoms with Gasteiger partial charge in [0, 0.05) is 12.1 Å². The molecule has 2 bridgehead atoms. The number of rotatable bonds is 2. The second-order valence-corrected chi connectivity index (χ2v) is 6.34. The minimum atomic E-state index is 0.661. The summed E-state index contributed by atoms with van der Waals surface area (Å²) in [5.74, 6) is 2.01. The SMILES string of the molecule is CC(C)N(C)C1C[C@@H]2C[C@H](C1)C2(C)C. The first-order chi connectivity index (χ1) is 6.43. The predicted octanol–water partition coefficient (Wildman–Crippen LogP) is 3.15. The van der Waals surface area contributed by atoms with Crippen molar-refractivity contribution in [3.63, 3.8) is 0 Å². The van der Waals surface area contributed by atoms with Gasteiger partial charge >= 0.3 is 0 Å².